The van der Waals surface area contributed by atoms with Gasteiger partial charge in [-0.3, -0.25) is 24.4 Å². The molecular weight excluding hydrogens is 420 g/mol. The predicted octanol–water partition coefficient (Wildman–Crippen LogP) is 0.805. The molecule has 9 heteroatoms. The molecule has 0 radical (unpaired) electrons. The first-order valence-electron chi connectivity index (χ1n) is 11.7. The second kappa shape index (κ2) is 10.9. The molecule has 178 valence electrons. The number of benzene rings is 1. The Morgan fingerprint density at radius 2 is 1.67 bits per heavy atom. The van der Waals surface area contributed by atoms with Gasteiger partial charge in [0.15, 0.2) is 0 Å². The number of aromatic amines is 1. The van der Waals surface area contributed by atoms with E-state index in [0.29, 0.717) is 44.2 Å². The number of carbonyl (C=O) groups is 1. The van der Waals surface area contributed by atoms with Gasteiger partial charge in [0.05, 0.1) is 12.3 Å². The summed E-state index contributed by atoms with van der Waals surface area (Å²) in [6.07, 6.45) is 0. The van der Waals surface area contributed by atoms with E-state index in [1.54, 1.807) is 13.2 Å². The molecular formula is C24H34N6O3. The van der Waals surface area contributed by atoms with Crippen molar-refractivity contribution in [1.29, 1.82) is 0 Å². The largest absolute Gasteiger partial charge is 0.383 e. The first-order chi connectivity index (χ1) is 16.0. The first-order valence-corrected chi connectivity index (χ1v) is 11.7. The summed E-state index contributed by atoms with van der Waals surface area (Å²) in [4.78, 5) is 41.4. The monoisotopic (exact) mass is 454 g/mol. The molecule has 1 amide bonds. The maximum absolute atomic E-state index is 12.8. The first kappa shape index (κ1) is 23.4. The number of aryl methyl sites for hydroxylation is 1. The number of ether oxygens (including phenoxy) is 1. The van der Waals surface area contributed by atoms with Gasteiger partial charge in [-0.1, -0.05) is 17.7 Å². The van der Waals surface area contributed by atoms with E-state index in [0.717, 1.165) is 50.6 Å². The number of methoxy groups -OCH3 is 1. The van der Waals surface area contributed by atoms with Crippen molar-refractivity contribution >= 4 is 11.9 Å². The Morgan fingerprint density at radius 1 is 1.00 bits per heavy atom. The average Bonchev–Trinajstić information content (AvgIpc) is 2.83. The summed E-state index contributed by atoms with van der Waals surface area (Å²) in [5.74, 6) is 0.646. The highest BCUT2D eigenvalue weighted by Crippen LogP contribution is 2.14. The Labute approximate surface area is 195 Å². The number of aromatic nitrogens is 2. The molecule has 3 heterocycles. The highest BCUT2D eigenvalue weighted by atomic mass is 16.5. The molecule has 33 heavy (non-hydrogen) atoms. The van der Waals surface area contributed by atoms with E-state index in [-0.39, 0.29) is 11.5 Å². The van der Waals surface area contributed by atoms with Crippen molar-refractivity contribution in [3.63, 3.8) is 0 Å². The summed E-state index contributed by atoms with van der Waals surface area (Å²) in [7, 11) is 1.73. The molecule has 0 saturated carbocycles. The van der Waals surface area contributed by atoms with Gasteiger partial charge in [0.25, 0.3) is 11.5 Å². The van der Waals surface area contributed by atoms with Gasteiger partial charge in [0.1, 0.15) is 0 Å². The van der Waals surface area contributed by atoms with Gasteiger partial charge in [-0.2, -0.15) is 0 Å². The summed E-state index contributed by atoms with van der Waals surface area (Å²) in [5.41, 5.74) is 2.51. The molecule has 2 aliphatic heterocycles. The van der Waals surface area contributed by atoms with Crippen LogP contribution in [0.5, 0.6) is 0 Å². The topological polar surface area (TPSA) is 85.0 Å². The van der Waals surface area contributed by atoms with Crippen LogP contribution in [0.1, 0.15) is 21.6 Å². The molecule has 4 rings (SSSR count). The molecule has 9 nitrogen and oxygen atoms in total. The van der Waals surface area contributed by atoms with Gasteiger partial charge in [-0.25, -0.2) is 4.98 Å². The third kappa shape index (κ3) is 6.19. The fourth-order valence-electron chi connectivity index (χ4n) is 4.35. The van der Waals surface area contributed by atoms with Crippen LogP contribution in [0.4, 0.5) is 5.95 Å². The summed E-state index contributed by atoms with van der Waals surface area (Å²) in [6.45, 7) is 10.8. The van der Waals surface area contributed by atoms with Crippen LogP contribution in [0.2, 0.25) is 0 Å². The minimum absolute atomic E-state index is 0.0505. The highest BCUT2D eigenvalue weighted by molar-refractivity contribution is 5.94. The number of carbonyl (C=O) groups excluding carboxylic acids is 1. The van der Waals surface area contributed by atoms with Crippen molar-refractivity contribution in [2.24, 2.45) is 0 Å². The minimum Gasteiger partial charge on any atom is -0.383 e. The highest BCUT2D eigenvalue weighted by Gasteiger charge is 2.24. The Kier molecular flexibility index (Phi) is 7.74. The number of amides is 1. The van der Waals surface area contributed by atoms with Crippen LogP contribution in [0.25, 0.3) is 0 Å². The van der Waals surface area contributed by atoms with Crippen LogP contribution in [-0.2, 0) is 11.3 Å². The number of H-pyrrole nitrogens is 1. The molecule has 0 bridgehead atoms. The molecule has 1 aromatic heterocycles. The van der Waals surface area contributed by atoms with Crippen molar-refractivity contribution < 1.29 is 9.53 Å². The molecule has 1 N–H and O–H groups in total. The molecule has 2 fully saturated rings. The smallest absolute Gasteiger partial charge is 0.253 e. The second-order valence-electron chi connectivity index (χ2n) is 8.82. The Bertz CT molecular complexity index is 976. The standard InChI is InChI=1S/C24H34N6O3/c1-19-3-5-20(6-4-19)23(32)29-11-13-30(14-12-29)24-25-21(17-22(31)26-24)18-28-9-7-27(8-10-28)15-16-33-2/h3-6,17H,7-16,18H2,1-2H3,(H,25,26,31). The van der Waals surface area contributed by atoms with Crippen LogP contribution >= 0.6 is 0 Å². The summed E-state index contributed by atoms with van der Waals surface area (Å²) in [6, 6.07) is 9.28. The van der Waals surface area contributed by atoms with Gasteiger partial charge in [0, 0.05) is 84.2 Å². The van der Waals surface area contributed by atoms with Crippen molar-refractivity contribution in [3.8, 4) is 0 Å². The summed E-state index contributed by atoms with van der Waals surface area (Å²) >= 11 is 0. The van der Waals surface area contributed by atoms with Crippen molar-refractivity contribution in [3.05, 3.63) is 57.5 Å². The van der Waals surface area contributed by atoms with E-state index in [1.807, 2.05) is 36.1 Å². The van der Waals surface area contributed by atoms with Gasteiger partial charge in [-0.05, 0) is 19.1 Å². The van der Waals surface area contributed by atoms with E-state index < -0.39 is 0 Å². The molecule has 2 aromatic rings. The third-order valence-corrected chi connectivity index (χ3v) is 6.41. The van der Waals surface area contributed by atoms with Crippen molar-refractivity contribution in [2.75, 3.05) is 77.5 Å². The second-order valence-corrected chi connectivity index (χ2v) is 8.82. The zero-order chi connectivity index (χ0) is 23.2. The van der Waals surface area contributed by atoms with E-state index >= 15 is 0 Å². The lowest BCUT2D eigenvalue weighted by molar-refractivity contribution is 0.0746. The van der Waals surface area contributed by atoms with E-state index in [2.05, 4.69) is 19.7 Å². The van der Waals surface area contributed by atoms with Crippen LogP contribution in [-0.4, -0.2) is 103 Å². The summed E-state index contributed by atoms with van der Waals surface area (Å²) in [5, 5.41) is 0. The fourth-order valence-corrected chi connectivity index (χ4v) is 4.35. The molecule has 0 spiro atoms. The Hall–Kier alpha value is -2.75. The number of anilines is 1. The van der Waals surface area contributed by atoms with Crippen LogP contribution in [0.3, 0.4) is 0 Å². The molecule has 1 aromatic carbocycles. The third-order valence-electron chi connectivity index (χ3n) is 6.41. The maximum Gasteiger partial charge on any atom is 0.253 e. The summed E-state index contributed by atoms with van der Waals surface area (Å²) < 4.78 is 5.17. The average molecular weight is 455 g/mol. The molecule has 0 aliphatic carbocycles. The number of nitrogens with one attached hydrogen (secondary N) is 1. The lowest BCUT2D eigenvalue weighted by Crippen LogP contribution is -2.49. The van der Waals surface area contributed by atoms with Gasteiger partial charge in [-0.15, -0.1) is 0 Å². The number of nitrogens with zero attached hydrogens (tertiary/aromatic N) is 5. The number of hydrogen-bond acceptors (Lipinski definition) is 7. The lowest BCUT2D eigenvalue weighted by Gasteiger charge is -2.36. The number of piperazine rings is 2. The predicted molar refractivity (Wildman–Crippen MR) is 128 cm³/mol. The van der Waals surface area contributed by atoms with Crippen LogP contribution in [0.15, 0.2) is 35.1 Å². The molecule has 2 aliphatic rings. The molecule has 0 unspecified atom stereocenters. The fraction of sp³-hybridized carbons (Fsp3) is 0.542. The van der Waals surface area contributed by atoms with Gasteiger partial charge < -0.3 is 14.5 Å². The Morgan fingerprint density at radius 3 is 2.33 bits per heavy atom. The molecule has 2 saturated heterocycles. The lowest BCUT2D eigenvalue weighted by atomic mass is 10.1. The van der Waals surface area contributed by atoms with E-state index in [9.17, 15) is 9.59 Å². The zero-order valence-electron chi connectivity index (χ0n) is 19.6. The maximum atomic E-state index is 12.8. The van der Waals surface area contributed by atoms with E-state index in [1.165, 1.54) is 0 Å². The van der Waals surface area contributed by atoms with Crippen molar-refractivity contribution in [1.82, 2.24) is 24.7 Å². The quantitative estimate of drug-likeness (QED) is 0.663. The Balaban J connectivity index is 1.32. The number of rotatable bonds is 7. The van der Waals surface area contributed by atoms with E-state index in [4.69, 9.17) is 9.72 Å². The molecule has 0 atom stereocenters. The van der Waals surface area contributed by atoms with Gasteiger partial charge >= 0.3 is 0 Å². The normalized spacial score (nSPS) is 18.0. The van der Waals surface area contributed by atoms with Crippen LogP contribution < -0.4 is 10.5 Å². The minimum atomic E-state index is -0.133. The zero-order valence-corrected chi connectivity index (χ0v) is 19.6. The number of hydrogen-bond donors (Lipinski definition) is 1. The van der Waals surface area contributed by atoms with Crippen LogP contribution in [0, 0.1) is 6.92 Å². The van der Waals surface area contributed by atoms with Gasteiger partial charge in [0.2, 0.25) is 5.95 Å². The van der Waals surface area contributed by atoms with Crippen molar-refractivity contribution in [2.45, 2.75) is 13.5 Å². The SMILES string of the molecule is COCCN1CCN(Cc2cc(=O)[nH]c(N3CCN(C(=O)c4ccc(C)cc4)CC3)n2)CC1.